The van der Waals surface area contributed by atoms with Gasteiger partial charge in [-0.15, -0.1) is 0 Å². The minimum absolute atomic E-state index is 0.256. The Morgan fingerprint density at radius 2 is 2.20 bits per heavy atom. The van der Waals surface area contributed by atoms with Crippen molar-refractivity contribution in [3.05, 3.63) is 24.2 Å². The van der Waals surface area contributed by atoms with Gasteiger partial charge in [0.25, 0.3) is 0 Å². The topological polar surface area (TPSA) is 42.7 Å². The maximum Gasteiger partial charge on any atom is 0.160 e. The summed E-state index contributed by atoms with van der Waals surface area (Å²) in [5, 5.41) is 3.70. The zero-order valence-corrected chi connectivity index (χ0v) is 12.3. The monoisotopic (exact) mass is 270 g/mol. The Morgan fingerprint density at radius 3 is 2.95 bits per heavy atom. The first kappa shape index (κ1) is 12.3. The van der Waals surface area contributed by atoms with Crippen molar-refractivity contribution in [3.8, 4) is 0 Å². The van der Waals surface area contributed by atoms with Gasteiger partial charge in [0.05, 0.1) is 6.04 Å². The molecule has 0 spiro atoms. The van der Waals surface area contributed by atoms with Crippen molar-refractivity contribution in [3.63, 3.8) is 0 Å². The van der Waals surface area contributed by atoms with Gasteiger partial charge in [-0.3, -0.25) is 0 Å². The van der Waals surface area contributed by atoms with E-state index in [0.29, 0.717) is 12.1 Å². The summed E-state index contributed by atoms with van der Waals surface area (Å²) in [6, 6.07) is 5.02. The van der Waals surface area contributed by atoms with Crippen molar-refractivity contribution in [2.45, 2.75) is 51.6 Å². The molecule has 0 bridgehead atoms. The minimum atomic E-state index is 0.256. The Kier molecular flexibility index (Phi) is 2.64. The fraction of sp³-hybridized carbons (Fsp3) is 0.625. The highest BCUT2D eigenvalue weighted by atomic mass is 15.2. The lowest BCUT2D eigenvalue weighted by Crippen LogP contribution is -2.41. The Bertz CT molecular complexity index is 639. The number of aromatic nitrogens is 3. The van der Waals surface area contributed by atoms with Crippen LogP contribution in [0.4, 0.5) is 0 Å². The molecule has 4 heteroatoms. The fourth-order valence-electron chi connectivity index (χ4n) is 3.50. The predicted molar refractivity (Wildman–Crippen MR) is 79.6 cm³/mol. The van der Waals surface area contributed by atoms with Gasteiger partial charge in [-0.05, 0) is 49.8 Å². The molecule has 1 unspecified atom stereocenters. The van der Waals surface area contributed by atoms with Crippen LogP contribution in [0.1, 0.15) is 57.4 Å². The molecule has 1 aliphatic carbocycles. The first-order valence-corrected chi connectivity index (χ1v) is 7.73. The summed E-state index contributed by atoms with van der Waals surface area (Å²) in [5.41, 5.74) is 2.36. The van der Waals surface area contributed by atoms with Gasteiger partial charge in [0.2, 0.25) is 0 Å². The molecule has 2 aromatic rings. The number of hydrogen-bond acceptors (Lipinski definition) is 3. The molecule has 3 heterocycles. The maximum atomic E-state index is 4.93. The molecule has 1 saturated heterocycles. The Morgan fingerprint density at radius 1 is 1.35 bits per heavy atom. The van der Waals surface area contributed by atoms with E-state index >= 15 is 0 Å². The standard InChI is InChI=1S/C16H22N4/c1-16(2)8-4-10-17-13(16)15-19-12-5-3-9-18-14(12)20(15)11-6-7-11/h3,5,9,11,13,17H,4,6-8,10H2,1-2H3. The molecule has 2 aliphatic rings. The lowest BCUT2D eigenvalue weighted by molar-refractivity contribution is 0.171. The number of nitrogens with zero attached hydrogens (tertiary/aromatic N) is 3. The fourth-order valence-corrected chi connectivity index (χ4v) is 3.50. The van der Waals surface area contributed by atoms with Crippen LogP contribution in [-0.4, -0.2) is 21.1 Å². The van der Waals surface area contributed by atoms with E-state index < -0.39 is 0 Å². The van der Waals surface area contributed by atoms with Crippen molar-refractivity contribution >= 4 is 11.2 Å². The molecule has 1 atom stereocenters. The highest BCUT2D eigenvalue weighted by molar-refractivity contribution is 5.71. The quantitative estimate of drug-likeness (QED) is 0.911. The molecule has 0 amide bonds. The average molecular weight is 270 g/mol. The van der Waals surface area contributed by atoms with Crippen LogP contribution in [0.25, 0.3) is 11.2 Å². The van der Waals surface area contributed by atoms with Gasteiger partial charge in [-0.2, -0.15) is 0 Å². The van der Waals surface area contributed by atoms with Crippen LogP contribution in [0.15, 0.2) is 18.3 Å². The average Bonchev–Trinajstić information content (AvgIpc) is 3.19. The second kappa shape index (κ2) is 4.29. The maximum absolute atomic E-state index is 4.93. The third kappa shape index (κ3) is 1.85. The molecule has 1 N–H and O–H groups in total. The van der Waals surface area contributed by atoms with Crippen LogP contribution in [0.5, 0.6) is 0 Å². The summed E-state index contributed by atoms with van der Waals surface area (Å²) >= 11 is 0. The van der Waals surface area contributed by atoms with Crippen LogP contribution < -0.4 is 5.32 Å². The van der Waals surface area contributed by atoms with E-state index in [1.165, 1.54) is 31.5 Å². The van der Waals surface area contributed by atoms with E-state index in [-0.39, 0.29) is 5.41 Å². The SMILES string of the molecule is CC1(C)CCCNC1c1nc2cccnc2n1C1CC1. The predicted octanol–water partition coefficient (Wildman–Crippen LogP) is 3.22. The molecular formula is C16H22N4. The summed E-state index contributed by atoms with van der Waals surface area (Å²) in [6.07, 6.45) is 6.92. The van der Waals surface area contributed by atoms with E-state index in [4.69, 9.17) is 4.98 Å². The van der Waals surface area contributed by atoms with Crippen molar-refractivity contribution in [2.24, 2.45) is 5.41 Å². The smallest absolute Gasteiger partial charge is 0.160 e. The molecule has 1 saturated carbocycles. The molecule has 2 aromatic heterocycles. The van der Waals surface area contributed by atoms with Gasteiger partial charge < -0.3 is 9.88 Å². The largest absolute Gasteiger partial charge is 0.308 e. The van der Waals surface area contributed by atoms with E-state index in [2.05, 4.69) is 34.8 Å². The van der Waals surface area contributed by atoms with Crippen LogP contribution >= 0.6 is 0 Å². The van der Waals surface area contributed by atoms with Gasteiger partial charge in [0.15, 0.2) is 5.65 Å². The molecule has 0 aromatic carbocycles. The molecule has 2 fully saturated rings. The number of piperidine rings is 1. The molecular weight excluding hydrogens is 248 g/mol. The Balaban J connectivity index is 1.88. The lowest BCUT2D eigenvalue weighted by atomic mass is 9.77. The zero-order chi connectivity index (χ0) is 13.7. The first-order valence-electron chi connectivity index (χ1n) is 7.73. The van der Waals surface area contributed by atoms with E-state index in [1.54, 1.807) is 0 Å². The third-order valence-electron chi connectivity index (χ3n) is 4.77. The molecule has 4 rings (SSSR count). The van der Waals surface area contributed by atoms with Crippen LogP contribution in [0.2, 0.25) is 0 Å². The first-order chi connectivity index (χ1) is 9.67. The molecule has 4 nitrogen and oxygen atoms in total. The molecule has 0 radical (unpaired) electrons. The third-order valence-corrected chi connectivity index (χ3v) is 4.77. The van der Waals surface area contributed by atoms with Gasteiger partial charge in [-0.1, -0.05) is 13.8 Å². The van der Waals surface area contributed by atoms with Crippen LogP contribution in [-0.2, 0) is 0 Å². The van der Waals surface area contributed by atoms with Gasteiger partial charge in [-0.25, -0.2) is 9.97 Å². The van der Waals surface area contributed by atoms with E-state index in [0.717, 1.165) is 17.7 Å². The Labute approximate surface area is 119 Å². The van der Waals surface area contributed by atoms with Crippen LogP contribution in [0.3, 0.4) is 0 Å². The number of imidazole rings is 1. The van der Waals surface area contributed by atoms with Gasteiger partial charge >= 0.3 is 0 Å². The molecule has 1 aliphatic heterocycles. The van der Waals surface area contributed by atoms with Crippen molar-refractivity contribution in [2.75, 3.05) is 6.54 Å². The number of pyridine rings is 1. The zero-order valence-electron chi connectivity index (χ0n) is 12.3. The number of hydrogen-bond donors (Lipinski definition) is 1. The van der Waals surface area contributed by atoms with Crippen molar-refractivity contribution < 1.29 is 0 Å². The summed E-state index contributed by atoms with van der Waals surface area (Å²) in [5.74, 6) is 1.20. The number of rotatable bonds is 2. The normalized spacial score (nSPS) is 26.0. The second-order valence-corrected chi connectivity index (χ2v) is 6.90. The molecule has 106 valence electrons. The number of nitrogens with one attached hydrogen (secondary N) is 1. The second-order valence-electron chi connectivity index (χ2n) is 6.90. The van der Waals surface area contributed by atoms with Crippen LogP contribution in [0, 0.1) is 5.41 Å². The summed E-state index contributed by atoms with van der Waals surface area (Å²) in [4.78, 5) is 9.51. The van der Waals surface area contributed by atoms with Crippen molar-refractivity contribution in [1.29, 1.82) is 0 Å². The lowest BCUT2D eigenvalue weighted by Gasteiger charge is -2.39. The highest BCUT2D eigenvalue weighted by Gasteiger charge is 2.39. The summed E-state index contributed by atoms with van der Waals surface area (Å²) in [7, 11) is 0. The minimum Gasteiger partial charge on any atom is -0.308 e. The van der Waals surface area contributed by atoms with Gasteiger partial charge in [0, 0.05) is 12.2 Å². The summed E-state index contributed by atoms with van der Waals surface area (Å²) in [6.45, 7) is 5.80. The van der Waals surface area contributed by atoms with Gasteiger partial charge in [0.1, 0.15) is 11.3 Å². The molecule has 20 heavy (non-hydrogen) atoms. The van der Waals surface area contributed by atoms with E-state index in [9.17, 15) is 0 Å². The van der Waals surface area contributed by atoms with Crippen molar-refractivity contribution in [1.82, 2.24) is 19.9 Å². The van der Waals surface area contributed by atoms with E-state index in [1.807, 2.05) is 12.3 Å². The summed E-state index contributed by atoms with van der Waals surface area (Å²) < 4.78 is 2.40. The number of fused-ring (bicyclic) bond motifs is 1. The Hall–Kier alpha value is -1.42. The highest BCUT2D eigenvalue weighted by Crippen LogP contribution is 2.45.